The SMILES string of the molecule is CCOC(=O)c1ccccc1NC(=O)c1c(O)n(C)c(=O)c2ccccc12. The van der Waals surface area contributed by atoms with Crippen molar-refractivity contribution in [2.45, 2.75) is 6.92 Å². The Labute approximate surface area is 154 Å². The minimum absolute atomic E-state index is 0.0497. The molecule has 7 heteroatoms. The lowest BCUT2D eigenvalue weighted by molar-refractivity contribution is 0.0527. The van der Waals surface area contributed by atoms with Crippen molar-refractivity contribution in [1.29, 1.82) is 0 Å². The van der Waals surface area contributed by atoms with Crippen molar-refractivity contribution in [2.75, 3.05) is 11.9 Å². The van der Waals surface area contributed by atoms with Crippen LogP contribution in [-0.4, -0.2) is 28.2 Å². The number of rotatable bonds is 4. The van der Waals surface area contributed by atoms with E-state index < -0.39 is 23.3 Å². The summed E-state index contributed by atoms with van der Waals surface area (Å²) in [5.74, 6) is -1.66. The topological polar surface area (TPSA) is 97.6 Å². The van der Waals surface area contributed by atoms with E-state index in [1.54, 1.807) is 49.4 Å². The number of carbonyl (C=O) groups excluding carboxylic acids is 2. The van der Waals surface area contributed by atoms with Crippen molar-refractivity contribution in [2.24, 2.45) is 7.05 Å². The molecule has 3 rings (SSSR count). The second kappa shape index (κ2) is 7.33. The van der Waals surface area contributed by atoms with E-state index in [4.69, 9.17) is 4.74 Å². The molecule has 27 heavy (non-hydrogen) atoms. The van der Waals surface area contributed by atoms with Gasteiger partial charge in [0.05, 0.1) is 17.9 Å². The normalized spacial score (nSPS) is 10.6. The molecule has 0 saturated heterocycles. The highest BCUT2D eigenvalue weighted by atomic mass is 16.5. The van der Waals surface area contributed by atoms with Gasteiger partial charge in [0.1, 0.15) is 5.56 Å². The molecular formula is C20H18N2O5. The summed E-state index contributed by atoms with van der Waals surface area (Å²) in [6.45, 7) is 1.89. The van der Waals surface area contributed by atoms with Gasteiger partial charge in [-0.15, -0.1) is 0 Å². The summed E-state index contributed by atoms with van der Waals surface area (Å²) in [5, 5.41) is 13.7. The lowest BCUT2D eigenvalue weighted by Crippen LogP contribution is -2.23. The van der Waals surface area contributed by atoms with Crippen LogP contribution in [0.5, 0.6) is 5.88 Å². The Kier molecular flexibility index (Phi) is 4.94. The number of aromatic hydroxyl groups is 1. The maximum atomic E-state index is 12.9. The van der Waals surface area contributed by atoms with Crippen molar-refractivity contribution >= 4 is 28.3 Å². The van der Waals surface area contributed by atoms with E-state index in [1.807, 2.05) is 0 Å². The number of esters is 1. The maximum absolute atomic E-state index is 12.9. The molecular weight excluding hydrogens is 348 g/mol. The summed E-state index contributed by atoms with van der Waals surface area (Å²) in [5.41, 5.74) is -0.0162. The van der Waals surface area contributed by atoms with Gasteiger partial charge < -0.3 is 15.2 Å². The number of aromatic nitrogens is 1. The highest BCUT2D eigenvalue weighted by molar-refractivity contribution is 6.15. The Morgan fingerprint density at radius 1 is 1.07 bits per heavy atom. The zero-order valence-corrected chi connectivity index (χ0v) is 14.9. The highest BCUT2D eigenvalue weighted by Gasteiger charge is 2.22. The maximum Gasteiger partial charge on any atom is 0.340 e. The fourth-order valence-corrected chi connectivity index (χ4v) is 2.84. The third kappa shape index (κ3) is 3.27. The Hall–Kier alpha value is -3.61. The number of nitrogens with one attached hydrogen (secondary N) is 1. The molecule has 7 nitrogen and oxygen atoms in total. The Morgan fingerprint density at radius 3 is 2.41 bits per heavy atom. The summed E-state index contributed by atoms with van der Waals surface area (Å²) in [7, 11) is 1.38. The van der Waals surface area contributed by atoms with E-state index in [9.17, 15) is 19.5 Å². The lowest BCUT2D eigenvalue weighted by Gasteiger charge is -2.14. The standard InChI is InChI=1S/C20H18N2O5/c1-3-27-20(26)14-10-6-7-11-15(14)21-17(23)16-12-8-4-5-9-13(12)18(24)22(2)19(16)25/h4-11,25H,3H2,1-2H3,(H,21,23). The van der Waals surface area contributed by atoms with Crippen molar-refractivity contribution in [3.8, 4) is 5.88 Å². The molecule has 0 fully saturated rings. The average Bonchev–Trinajstić information content (AvgIpc) is 2.67. The van der Waals surface area contributed by atoms with Gasteiger partial charge in [0.25, 0.3) is 11.5 Å². The molecule has 0 atom stereocenters. The molecule has 1 aromatic heterocycles. The molecule has 0 aliphatic heterocycles. The van der Waals surface area contributed by atoms with Crippen molar-refractivity contribution in [1.82, 2.24) is 4.57 Å². The second-order valence-corrected chi connectivity index (χ2v) is 5.83. The van der Waals surface area contributed by atoms with Gasteiger partial charge >= 0.3 is 5.97 Å². The first-order valence-corrected chi connectivity index (χ1v) is 8.34. The molecule has 138 valence electrons. The molecule has 0 aliphatic rings. The van der Waals surface area contributed by atoms with Crippen LogP contribution < -0.4 is 10.9 Å². The number of nitrogens with zero attached hydrogens (tertiary/aromatic N) is 1. The van der Waals surface area contributed by atoms with Crippen LogP contribution in [0.3, 0.4) is 0 Å². The van der Waals surface area contributed by atoms with E-state index in [2.05, 4.69) is 5.32 Å². The number of hydrogen-bond donors (Lipinski definition) is 2. The van der Waals surface area contributed by atoms with E-state index in [1.165, 1.54) is 13.1 Å². The molecule has 0 saturated carbocycles. The molecule has 0 radical (unpaired) electrons. The smallest absolute Gasteiger partial charge is 0.340 e. The average molecular weight is 366 g/mol. The van der Waals surface area contributed by atoms with Crippen molar-refractivity contribution in [3.05, 3.63) is 70.0 Å². The van der Waals surface area contributed by atoms with Crippen LogP contribution in [0.15, 0.2) is 53.3 Å². The van der Waals surface area contributed by atoms with Crippen molar-refractivity contribution in [3.63, 3.8) is 0 Å². The van der Waals surface area contributed by atoms with Gasteiger partial charge in [-0.05, 0) is 25.1 Å². The summed E-state index contributed by atoms with van der Waals surface area (Å²) in [6, 6.07) is 12.9. The minimum atomic E-state index is -0.643. The van der Waals surface area contributed by atoms with Crippen LogP contribution in [0, 0.1) is 0 Å². The van der Waals surface area contributed by atoms with Gasteiger partial charge in [0, 0.05) is 17.8 Å². The monoisotopic (exact) mass is 366 g/mol. The molecule has 0 spiro atoms. The Morgan fingerprint density at radius 2 is 1.70 bits per heavy atom. The number of fused-ring (bicyclic) bond motifs is 1. The number of amides is 1. The van der Waals surface area contributed by atoms with Gasteiger partial charge in [0.15, 0.2) is 0 Å². The number of ether oxygens (including phenoxy) is 1. The van der Waals surface area contributed by atoms with Gasteiger partial charge in [-0.2, -0.15) is 0 Å². The van der Waals surface area contributed by atoms with Gasteiger partial charge in [-0.3, -0.25) is 14.2 Å². The van der Waals surface area contributed by atoms with Crippen LogP contribution in [0.2, 0.25) is 0 Å². The largest absolute Gasteiger partial charge is 0.494 e. The van der Waals surface area contributed by atoms with Crippen LogP contribution >= 0.6 is 0 Å². The summed E-state index contributed by atoms with van der Waals surface area (Å²) >= 11 is 0. The fourth-order valence-electron chi connectivity index (χ4n) is 2.84. The van der Waals surface area contributed by atoms with E-state index >= 15 is 0 Å². The molecule has 0 bridgehead atoms. The third-order valence-electron chi connectivity index (χ3n) is 4.17. The molecule has 0 unspecified atom stereocenters. The second-order valence-electron chi connectivity index (χ2n) is 5.83. The first-order valence-electron chi connectivity index (χ1n) is 8.34. The predicted molar refractivity (Wildman–Crippen MR) is 101 cm³/mol. The number of pyridine rings is 1. The summed E-state index contributed by atoms with van der Waals surface area (Å²) < 4.78 is 6.01. The zero-order valence-electron chi connectivity index (χ0n) is 14.9. The predicted octanol–water partition coefficient (Wildman–Crippen LogP) is 2.67. The molecule has 0 aliphatic carbocycles. The fraction of sp³-hybridized carbons (Fsp3) is 0.150. The number of anilines is 1. The van der Waals surface area contributed by atoms with E-state index in [-0.39, 0.29) is 23.4 Å². The summed E-state index contributed by atoms with van der Waals surface area (Å²) in [6.07, 6.45) is 0. The highest BCUT2D eigenvalue weighted by Crippen LogP contribution is 2.26. The molecule has 1 heterocycles. The quantitative estimate of drug-likeness (QED) is 0.692. The van der Waals surface area contributed by atoms with Gasteiger partial charge in [-0.25, -0.2) is 4.79 Å². The zero-order chi connectivity index (χ0) is 19.6. The number of benzene rings is 2. The van der Waals surface area contributed by atoms with Crippen molar-refractivity contribution < 1.29 is 19.4 Å². The molecule has 1 amide bonds. The van der Waals surface area contributed by atoms with E-state index in [0.717, 1.165) is 4.57 Å². The lowest BCUT2D eigenvalue weighted by atomic mass is 10.1. The first-order chi connectivity index (χ1) is 13.0. The van der Waals surface area contributed by atoms with Crippen LogP contribution in [0.4, 0.5) is 5.69 Å². The Bertz CT molecular complexity index is 1100. The van der Waals surface area contributed by atoms with Crippen LogP contribution in [0.1, 0.15) is 27.6 Å². The minimum Gasteiger partial charge on any atom is -0.494 e. The molecule has 2 N–H and O–H groups in total. The van der Waals surface area contributed by atoms with Gasteiger partial charge in [0.2, 0.25) is 5.88 Å². The number of hydrogen-bond acceptors (Lipinski definition) is 5. The van der Waals surface area contributed by atoms with E-state index in [0.29, 0.717) is 10.8 Å². The third-order valence-corrected chi connectivity index (χ3v) is 4.17. The molecule has 3 aromatic rings. The first kappa shape index (κ1) is 18.2. The van der Waals surface area contributed by atoms with Gasteiger partial charge in [-0.1, -0.05) is 30.3 Å². The number of para-hydroxylation sites is 1. The Balaban J connectivity index is 2.09. The van der Waals surface area contributed by atoms with Crippen LogP contribution in [0.25, 0.3) is 10.8 Å². The summed E-state index contributed by atoms with van der Waals surface area (Å²) in [4.78, 5) is 37.3. The number of carbonyl (C=O) groups is 2. The molecule has 2 aromatic carbocycles. The van der Waals surface area contributed by atoms with Crippen LogP contribution in [-0.2, 0) is 11.8 Å².